The molecule has 1 heterocycles. The quantitative estimate of drug-likeness (QED) is 0.823. The molecule has 0 saturated heterocycles. The molecule has 1 atom stereocenters. The fraction of sp³-hybridized carbons (Fsp3) is 0.250. The number of hydrogen-bond acceptors (Lipinski definition) is 3. The normalized spacial score (nSPS) is 14.0. The highest BCUT2D eigenvalue weighted by Crippen LogP contribution is 2.35. The zero-order valence-electron chi connectivity index (χ0n) is 10.9. The van der Waals surface area contributed by atoms with E-state index in [1.54, 1.807) is 0 Å². The van der Waals surface area contributed by atoms with Crippen molar-refractivity contribution in [1.29, 1.82) is 0 Å². The van der Waals surface area contributed by atoms with Gasteiger partial charge in [0.15, 0.2) is 0 Å². The van der Waals surface area contributed by atoms with E-state index in [9.17, 15) is 26.0 Å². The van der Waals surface area contributed by atoms with E-state index in [0.29, 0.717) is 5.56 Å². The zero-order chi connectivity index (χ0) is 16.4. The summed E-state index contributed by atoms with van der Waals surface area (Å²) < 4.78 is 75.5. The predicted octanol–water partition coefficient (Wildman–Crippen LogP) is 2.46. The predicted molar refractivity (Wildman–Crippen MR) is 69.0 cm³/mol. The highest BCUT2D eigenvalue weighted by atomic mass is 32.2. The number of halogens is 4. The van der Waals surface area contributed by atoms with Gasteiger partial charge in [-0.25, -0.2) is 22.5 Å². The largest absolute Gasteiger partial charge is 0.423 e. The van der Waals surface area contributed by atoms with Gasteiger partial charge >= 0.3 is 6.18 Å². The summed E-state index contributed by atoms with van der Waals surface area (Å²) in [6, 6.07) is 4.37. The van der Waals surface area contributed by atoms with Crippen molar-refractivity contribution in [3.05, 3.63) is 47.8 Å². The standard InChI is InChI=1S/C12H11F4N3O2S/c13-10(12(14,15)16)9-3-1-8(2-4-9)7-19-22(20,21)11-17-5-6-18-11/h1-6,10,19H,7H2,(H,17,18). The molecular weight excluding hydrogens is 326 g/mol. The van der Waals surface area contributed by atoms with Crippen LogP contribution in [-0.2, 0) is 16.6 Å². The molecule has 0 aliphatic heterocycles. The van der Waals surface area contributed by atoms with Crippen LogP contribution in [0.2, 0.25) is 0 Å². The van der Waals surface area contributed by atoms with Crippen LogP contribution in [0, 0.1) is 0 Å². The van der Waals surface area contributed by atoms with E-state index in [0.717, 1.165) is 12.1 Å². The van der Waals surface area contributed by atoms with Crippen molar-refractivity contribution in [3.63, 3.8) is 0 Å². The Bertz CT molecular complexity index is 712. The molecule has 5 nitrogen and oxygen atoms in total. The lowest BCUT2D eigenvalue weighted by atomic mass is 10.1. The number of rotatable bonds is 5. The van der Waals surface area contributed by atoms with E-state index in [1.807, 2.05) is 0 Å². The SMILES string of the molecule is O=S(=O)(NCc1ccc(C(F)C(F)(F)F)cc1)c1ncc[nH]1. The summed E-state index contributed by atoms with van der Waals surface area (Å²) in [5.74, 6) is 0. The van der Waals surface area contributed by atoms with Gasteiger partial charge in [-0.2, -0.15) is 13.2 Å². The van der Waals surface area contributed by atoms with Gasteiger partial charge in [0.1, 0.15) is 0 Å². The molecule has 0 aliphatic carbocycles. The molecule has 120 valence electrons. The molecule has 0 radical (unpaired) electrons. The number of imidazole rings is 1. The number of nitrogens with one attached hydrogen (secondary N) is 2. The van der Waals surface area contributed by atoms with Crippen LogP contribution in [0.15, 0.2) is 41.8 Å². The number of nitrogens with zero attached hydrogens (tertiary/aromatic N) is 1. The summed E-state index contributed by atoms with van der Waals surface area (Å²) in [6.45, 7) is -0.160. The monoisotopic (exact) mass is 337 g/mol. The molecule has 0 saturated carbocycles. The van der Waals surface area contributed by atoms with E-state index in [4.69, 9.17) is 0 Å². The fourth-order valence-electron chi connectivity index (χ4n) is 1.64. The Morgan fingerprint density at radius 1 is 1.23 bits per heavy atom. The molecule has 22 heavy (non-hydrogen) atoms. The van der Waals surface area contributed by atoms with Crippen molar-refractivity contribution in [1.82, 2.24) is 14.7 Å². The van der Waals surface area contributed by atoms with Gasteiger partial charge in [-0.05, 0) is 11.1 Å². The summed E-state index contributed by atoms with van der Waals surface area (Å²) in [7, 11) is -3.84. The van der Waals surface area contributed by atoms with Gasteiger partial charge in [-0.3, -0.25) is 0 Å². The van der Waals surface area contributed by atoms with Crippen molar-refractivity contribution >= 4 is 10.0 Å². The second kappa shape index (κ2) is 6.05. The van der Waals surface area contributed by atoms with Gasteiger partial charge in [0.05, 0.1) is 0 Å². The number of alkyl halides is 4. The smallest absolute Gasteiger partial charge is 0.334 e. The van der Waals surface area contributed by atoms with E-state index >= 15 is 0 Å². The summed E-state index contributed by atoms with van der Waals surface area (Å²) in [6.07, 6.45) is -5.44. The molecule has 1 aromatic carbocycles. The highest BCUT2D eigenvalue weighted by Gasteiger charge is 2.41. The van der Waals surface area contributed by atoms with Gasteiger partial charge in [0, 0.05) is 18.9 Å². The Morgan fingerprint density at radius 3 is 2.36 bits per heavy atom. The van der Waals surface area contributed by atoms with Crippen LogP contribution in [0.1, 0.15) is 17.3 Å². The third kappa shape index (κ3) is 3.83. The first kappa shape index (κ1) is 16.4. The Balaban J connectivity index is 2.04. The molecule has 0 aliphatic rings. The maximum absolute atomic E-state index is 13.1. The average molecular weight is 337 g/mol. The first-order chi connectivity index (χ1) is 10.2. The average Bonchev–Trinajstić information content (AvgIpc) is 2.99. The molecular formula is C12H11F4N3O2S. The van der Waals surface area contributed by atoms with E-state index in [2.05, 4.69) is 14.7 Å². The molecule has 1 aromatic heterocycles. The Kier molecular flexibility index (Phi) is 4.52. The van der Waals surface area contributed by atoms with Crippen LogP contribution in [0.5, 0.6) is 0 Å². The van der Waals surface area contributed by atoms with Crippen molar-refractivity contribution < 1.29 is 26.0 Å². The first-order valence-electron chi connectivity index (χ1n) is 5.99. The molecule has 2 aromatic rings. The maximum atomic E-state index is 13.1. The summed E-state index contributed by atoms with van der Waals surface area (Å²) in [5, 5.41) is -0.273. The minimum atomic E-state index is -4.97. The van der Waals surface area contributed by atoms with E-state index in [-0.39, 0.29) is 11.7 Å². The molecule has 0 spiro atoms. The number of aromatic amines is 1. The van der Waals surface area contributed by atoms with Gasteiger partial charge in [0.2, 0.25) is 11.3 Å². The Morgan fingerprint density at radius 2 is 1.86 bits per heavy atom. The second-order valence-electron chi connectivity index (χ2n) is 4.36. The lowest BCUT2D eigenvalue weighted by molar-refractivity contribution is -0.182. The number of hydrogen-bond donors (Lipinski definition) is 2. The van der Waals surface area contributed by atoms with Gasteiger partial charge in [-0.15, -0.1) is 0 Å². The van der Waals surface area contributed by atoms with Crippen LogP contribution >= 0.6 is 0 Å². The number of benzene rings is 1. The maximum Gasteiger partial charge on any atom is 0.423 e. The van der Waals surface area contributed by atoms with Gasteiger partial charge in [0.25, 0.3) is 10.0 Å². The topological polar surface area (TPSA) is 74.8 Å². The number of H-pyrrole nitrogens is 1. The lowest BCUT2D eigenvalue weighted by Crippen LogP contribution is -2.24. The molecule has 0 bridgehead atoms. The van der Waals surface area contributed by atoms with Crippen LogP contribution in [-0.4, -0.2) is 24.6 Å². The Labute approximate surface area is 123 Å². The van der Waals surface area contributed by atoms with Crippen LogP contribution in [0.4, 0.5) is 17.6 Å². The fourth-order valence-corrected chi connectivity index (χ4v) is 2.55. The zero-order valence-corrected chi connectivity index (χ0v) is 11.7. The third-order valence-corrected chi connectivity index (χ3v) is 4.01. The van der Waals surface area contributed by atoms with Crippen molar-refractivity contribution in [2.75, 3.05) is 0 Å². The van der Waals surface area contributed by atoms with E-state index in [1.165, 1.54) is 24.5 Å². The first-order valence-corrected chi connectivity index (χ1v) is 7.47. The Hall–Kier alpha value is -1.94. The van der Waals surface area contributed by atoms with Gasteiger partial charge < -0.3 is 4.98 Å². The number of aromatic nitrogens is 2. The number of sulfonamides is 1. The molecule has 0 amide bonds. The second-order valence-corrected chi connectivity index (χ2v) is 6.05. The summed E-state index contributed by atoms with van der Waals surface area (Å²) in [4.78, 5) is 6.00. The van der Waals surface area contributed by atoms with Crippen LogP contribution in [0.3, 0.4) is 0 Å². The van der Waals surface area contributed by atoms with Crippen molar-refractivity contribution in [2.24, 2.45) is 0 Å². The van der Waals surface area contributed by atoms with Crippen molar-refractivity contribution in [3.8, 4) is 0 Å². The molecule has 1 unspecified atom stereocenters. The van der Waals surface area contributed by atoms with Gasteiger partial charge in [-0.1, -0.05) is 24.3 Å². The van der Waals surface area contributed by atoms with E-state index < -0.39 is 27.9 Å². The summed E-state index contributed by atoms with van der Waals surface area (Å²) >= 11 is 0. The molecule has 2 N–H and O–H groups in total. The van der Waals surface area contributed by atoms with Crippen LogP contribution in [0.25, 0.3) is 0 Å². The van der Waals surface area contributed by atoms with Crippen molar-refractivity contribution in [2.45, 2.75) is 24.0 Å². The minimum absolute atomic E-state index is 0.160. The minimum Gasteiger partial charge on any atom is -0.334 e. The highest BCUT2D eigenvalue weighted by molar-refractivity contribution is 7.89. The molecule has 0 fully saturated rings. The molecule has 10 heteroatoms. The third-order valence-electron chi connectivity index (χ3n) is 2.75. The summed E-state index contributed by atoms with van der Waals surface area (Å²) in [5.41, 5.74) is -0.154. The van der Waals surface area contributed by atoms with Crippen LogP contribution < -0.4 is 4.72 Å². The lowest BCUT2D eigenvalue weighted by Gasteiger charge is -2.13. The molecule has 2 rings (SSSR count).